The van der Waals surface area contributed by atoms with Crippen LogP contribution in [0.15, 0.2) is 5.11 Å². The molecule has 5 atom stereocenters. The zero-order chi connectivity index (χ0) is 13.0. The van der Waals surface area contributed by atoms with E-state index in [2.05, 4.69) is 5.11 Å². The second-order valence-corrected chi connectivity index (χ2v) is 3.60. The largest absolute Gasteiger partial charge is 0.600 e. The van der Waals surface area contributed by atoms with Gasteiger partial charge in [-0.25, -0.2) is 0 Å². The fraction of sp³-hybridized carbons (Fsp3) is 1.00. The van der Waals surface area contributed by atoms with Crippen LogP contribution in [0, 0.1) is 5.21 Å². The van der Waals surface area contributed by atoms with Crippen molar-refractivity contribution in [1.82, 2.24) is 0 Å². The number of hydrogen-bond donors (Lipinski definition) is 4. The molecule has 1 heterocycles. The van der Waals surface area contributed by atoms with Crippen LogP contribution in [0.5, 0.6) is 0 Å². The summed E-state index contributed by atoms with van der Waals surface area (Å²) in [6.45, 7) is -0.911. The molecular weight excluding hydrogens is 236 g/mol. The van der Waals surface area contributed by atoms with Gasteiger partial charge < -0.3 is 35.1 Å². The Kier molecular flexibility index (Phi) is 5.18. The fourth-order valence-corrected chi connectivity index (χ4v) is 1.39. The van der Waals surface area contributed by atoms with Crippen molar-refractivity contribution in [2.45, 2.75) is 30.7 Å². The maximum atomic E-state index is 10.4. The maximum absolute atomic E-state index is 10.4. The summed E-state index contributed by atoms with van der Waals surface area (Å²) < 4.78 is 9.89. The molecule has 0 aliphatic carbocycles. The van der Waals surface area contributed by atoms with Crippen molar-refractivity contribution in [3.05, 3.63) is 5.21 Å². The van der Waals surface area contributed by atoms with Gasteiger partial charge in [-0.1, -0.05) is 4.86 Å². The van der Waals surface area contributed by atoms with Crippen LogP contribution in [0.3, 0.4) is 0 Å². The van der Waals surface area contributed by atoms with Crippen molar-refractivity contribution in [2.75, 3.05) is 20.4 Å². The molecule has 1 saturated heterocycles. The summed E-state index contributed by atoms with van der Waals surface area (Å²) in [6, 6.07) is 0. The van der Waals surface area contributed by atoms with Gasteiger partial charge in [0, 0.05) is 0 Å². The molecule has 17 heavy (non-hydrogen) atoms. The van der Waals surface area contributed by atoms with Crippen molar-refractivity contribution >= 4 is 0 Å². The number of hydroxylamine groups is 1. The van der Waals surface area contributed by atoms with Gasteiger partial charge in [0.15, 0.2) is 13.3 Å². The van der Waals surface area contributed by atoms with Gasteiger partial charge in [0.2, 0.25) is 6.73 Å². The molecule has 0 aromatic rings. The van der Waals surface area contributed by atoms with E-state index >= 15 is 0 Å². The van der Waals surface area contributed by atoms with Crippen LogP contribution in [0.2, 0.25) is 0 Å². The Morgan fingerprint density at radius 2 is 1.94 bits per heavy atom. The first kappa shape index (κ1) is 14.2. The molecule has 1 fully saturated rings. The minimum Gasteiger partial charge on any atom is -0.600 e. The standard InChI is InChI=1S/C8H16N2O7/c1-10(15)9-3-16-8-7(14)6(13)5(12)4(2-11)17-8/h4-8,11-14H,2-3H2,1H3/b10-9+/t4-,5-,6+,7-,8-/m1/s1. The van der Waals surface area contributed by atoms with Crippen LogP contribution in [-0.4, -0.2) is 76.4 Å². The molecule has 0 unspecified atom stereocenters. The van der Waals surface area contributed by atoms with E-state index in [1.807, 2.05) is 0 Å². The fourth-order valence-electron chi connectivity index (χ4n) is 1.39. The molecule has 0 spiro atoms. The molecule has 0 radical (unpaired) electrons. The first-order chi connectivity index (χ1) is 7.97. The topological polar surface area (TPSA) is 138 Å². The van der Waals surface area contributed by atoms with Crippen LogP contribution in [0.25, 0.3) is 0 Å². The smallest absolute Gasteiger partial charge is 0.203 e. The Morgan fingerprint density at radius 3 is 2.47 bits per heavy atom. The van der Waals surface area contributed by atoms with Crippen LogP contribution in [0.4, 0.5) is 0 Å². The zero-order valence-corrected chi connectivity index (χ0v) is 9.21. The summed E-state index contributed by atoms with van der Waals surface area (Å²) in [6.07, 6.45) is -6.73. The summed E-state index contributed by atoms with van der Waals surface area (Å²) in [4.78, 5) is 0.268. The Morgan fingerprint density at radius 1 is 1.29 bits per heavy atom. The highest BCUT2D eigenvalue weighted by atomic mass is 16.7. The monoisotopic (exact) mass is 252 g/mol. The Balaban J connectivity index is 2.56. The highest BCUT2D eigenvalue weighted by Crippen LogP contribution is 2.21. The number of ether oxygens (including phenoxy) is 2. The minimum absolute atomic E-state index is 0.268. The van der Waals surface area contributed by atoms with Crippen molar-refractivity contribution in [3.63, 3.8) is 0 Å². The number of nitrogens with zero attached hydrogens (tertiary/aromatic N) is 2. The van der Waals surface area contributed by atoms with Crippen molar-refractivity contribution < 1.29 is 34.8 Å². The Hall–Kier alpha value is -0.840. The van der Waals surface area contributed by atoms with Gasteiger partial charge >= 0.3 is 0 Å². The zero-order valence-electron chi connectivity index (χ0n) is 9.21. The van der Waals surface area contributed by atoms with E-state index in [0.717, 1.165) is 7.05 Å². The molecule has 1 rings (SSSR count). The third kappa shape index (κ3) is 3.56. The summed E-state index contributed by atoms with van der Waals surface area (Å²) in [5, 5.41) is 51.0. The number of hydrogen-bond acceptors (Lipinski definition) is 8. The van der Waals surface area contributed by atoms with Gasteiger partial charge in [-0.2, -0.15) is 0 Å². The van der Waals surface area contributed by atoms with Gasteiger partial charge in [0.25, 0.3) is 0 Å². The average molecular weight is 252 g/mol. The first-order valence-electron chi connectivity index (χ1n) is 4.97. The maximum Gasteiger partial charge on any atom is 0.203 e. The van der Waals surface area contributed by atoms with Gasteiger partial charge in [0.1, 0.15) is 24.4 Å². The van der Waals surface area contributed by atoms with Crippen LogP contribution < -0.4 is 0 Å². The SMILES string of the molecule is C/[N+]([O-])=N\CO[C@@H]1O[C@H](CO)[C@@H](O)[C@H](O)[C@H]1O. The molecule has 0 saturated carbocycles. The molecule has 0 aromatic heterocycles. The molecule has 0 aromatic carbocycles. The number of aliphatic hydroxyl groups is 4. The lowest BCUT2D eigenvalue weighted by atomic mass is 9.99. The molecule has 0 bridgehead atoms. The van der Waals surface area contributed by atoms with Gasteiger partial charge in [0.05, 0.1) is 6.61 Å². The van der Waals surface area contributed by atoms with E-state index in [4.69, 9.17) is 14.6 Å². The van der Waals surface area contributed by atoms with E-state index in [1.165, 1.54) is 0 Å². The highest BCUT2D eigenvalue weighted by molar-refractivity contribution is 4.88. The predicted octanol–water partition coefficient (Wildman–Crippen LogP) is -2.65. The molecule has 4 N–H and O–H groups in total. The second-order valence-electron chi connectivity index (χ2n) is 3.60. The van der Waals surface area contributed by atoms with Crippen molar-refractivity contribution in [3.8, 4) is 0 Å². The molecule has 0 amide bonds. The Bertz CT molecular complexity index is 269. The highest BCUT2D eigenvalue weighted by Gasteiger charge is 2.44. The van der Waals surface area contributed by atoms with Crippen LogP contribution in [-0.2, 0) is 9.47 Å². The van der Waals surface area contributed by atoms with Crippen molar-refractivity contribution in [1.29, 1.82) is 0 Å². The number of azo groups is 1. The van der Waals surface area contributed by atoms with E-state index < -0.39 is 37.3 Å². The molecule has 9 heteroatoms. The van der Waals surface area contributed by atoms with Crippen LogP contribution >= 0.6 is 0 Å². The second kappa shape index (κ2) is 6.19. The summed E-state index contributed by atoms with van der Waals surface area (Å²) in [5.41, 5.74) is 0. The third-order valence-corrected chi connectivity index (χ3v) is 2.34. The van der Waals surface area contributed by atoms with Gasteiger partial charge in [-0.3, -0.25) is 0 Å². The lowest BCUT2D eigenvalue weighted by Gasteiger charge is -2.39. The molecule has 9 nitrogen and oxygen atoms in total. The van der Waals surface area contributed by atoms with E-state index in [1.54, 1.807) is 0 Å². The lowest BCUT2D eigenvalue weighted by Crippen LogP contribution is -2.59. The number of rotatable bonds is 4. The van der Waals surface area contributed by atoms with Gasteiger partial charge in [-0.05, 0) is 5.11 Å². The Labute approximate surface area is 97.1 Å². The van der Waals surface area contributed by atoms with E-state index in [9.17, 15) is 20.5 Å². The summed E-state index contributed by atoms with van der Waals surface area (Å²) >= 11 is 0. The third-order valence-electron chi connectivity index (χ3n) is 2.34. The first-order valence-corrected chi connectivity index (χ1v) is 4.97. The normalized spacial score (nSPS) is 39.4. The average Bonchev–Trinajstić information content (AvgIpc) is 2.29. The minimum atomic E-state index is -1.50. The van der Waals surface area contributed by atoms with E-state index in [-0.39, 0.29) is 11.6 Å². The molecule has 100 valence electrons. The predicted molar refractivity (Wildman–Crippen MR) is 51.7 cm³/mol. The van der Waals surface area contributed by atoms with Gasteiger partial charge in [-0.15, -0.1) is 0 Å². The van der Waals surface area contributed by atoms with Crippen LogP contribution in [0.1, 0.15) is 0 Å². The molecular formula is C8H16N2O7. The number of aliphatic hydroxyl groups excluding tert-OH is 4. The lowest BCUT2D eigenvalue weighted by molar-refractivity contribution is -0.505. The quantitative estimate of drug-likeness (QED) is 0.243. The molecule has 1 aliphatic rings. The summed E-state index contributed by atoms with van der Waals surface area (Å²) in [5.74, 6) is 0. The van der Waals surface area contributed by atoms with E-state index in [0.29, 0.717) is 0 Å². The van der Waals surface area contributed by atoms with Crippen molar-refractivity contribution in [2.24, 2.45) is 5.11 Å². The summed E-state index contributed by atoms with van der Waals surface area (Å²) in [7, 11) is 1.15. The molecule has 1 aliphatic heterocycles.